The van der Waals surface area contributed by atoms with Gasteiger partial charge in [0.15, 0.2) is 5.13 Å². The van der Waals surface area contributed by atoms with Crippen molar-refractivity contribution in [3.8, 4) is 5.75 Å². The number of ether oxygens (including phenoxy) is 1. The molecule has 1 saturated heterocycles. The summed E-state index contributed by atoms with van der Waals surface area (Å²) in [5, 5.41) is 0.884. The molecule has 1 aliphatic rings. The van der Waals surface area contributed by atoms with E-state index in [0.29, 0.717) is 26.1 Å². The van der Waals surface area contributed by atoms with E-state index in [9.17, 15) is 9.18 Å². The number of nitrogens with zero attached hydrogens (tertiary/aromatic N) is 3. The van der Waals surface area contributed by atoms with Crippen LogP contribution >= 0.6 is 11.3 Å². The number of rotatable bonds is 5. The standard InChI is InChI=1S/C20H20FN3O2S/c21-15-6-7-17-18(14-15)27-20(22-17)24-11-9-23(10-12-24)19(25)8-13-26-16-4-2-1-3-5-16/h1-7,14H,8-13H2. The molecule has 0 radical (unpaired) electrons. The van der Waals surface area contributed by atoms with E-state index in [1.807, 2.05) is 35.2 Å². The molecule has 0 saturated carbocycles. The molecule has 1 amide bonds. The molecule has 0 bridgehead atoms. The minimum absolute atomic E-state index is 0.108. The molecule has 0 N–H and O–H groups in total. The van der Waals surface area contributed by atoms with Crippen LogP contribution in [0.3, 0.4) is 0 Å². The number of thiazole rings is 1. The van der Waals surface area contributed by atoms with Crippen LogP contribution in [0.1, 0.15) is 6.42 Å². The van der Waals surface area contributed by atoms with Gasteiger partial charge in [0.2, 0.25) is 5.91 Å². The zero-order valence-corrected chi connectivity index (χ0v) is 15.6. The topological polar surface area (TPSA) is 45.7 Å². The van der Waals surface area contributed by atoms with E-state index in [-0.39, 0.29) is 11.7 Å². The number of carbonyl (C=O) groups is 1. The zero-order valence-electron chi connectivity index (χ0n) is 14.8. The van der Waals surface area contributed by atoms with Crippen molar-refractivity contribution in [1.29, 1.82) is 0 Å². The molecular weight excluding hydrogens is 365 g/mol. The van der Waals surface area contributed by atoms with Crippen molar-refractivity contribution in [2.45, 2.75) is 6.42 Å². The lowest BCUT2D eigenvalue weighted by Gasteiger charge is -2.34. The number of fused-ring (bicyclic) bond motifs is 1. The Bertz CT molecular complexity index is 923. The van der Waals surface area contributed by atoms with Gasteiger partial charge in [0, 0.05) is 26.2 Å². The Kier molecular flexibility index (Phi) is 5.20. The van der Waals surface area contributed by atoms with E-state index in [1.54, 1.807) is 6.07 Å². The Labute approximate surface area is 161 Å². The molecule has 0 unspecified atom stereocenters. The fourth-order valence-electron chi connectivity index (χ4n) is 3.10. The third-order valence-corrected chi connectivity index (χ3v) is 5.65. The normalized spacial score (nSPS) is 14.6. The summed E-state index contributed by atoms with van der Waals surface area (Å²) < 4.78 is 19.8. The molecule has 7 heteroatoms. The van der Waals surface area contributed by atoms with Crippen molar-refractivity contribution < 1.29 is 13.9 Å². The third kappa shape index (κ3) is 4.19. The van der Waals surface area contributed by atoms with Crippen LogP contribution < -0.4 is 9.64 Å². The first-order chi connectivity index (χ1) is 13.2. The van der Waals surface area contributed by atoms with Gasteiger partial charge in [-0.05, 0) is 30.3 Å². The largest absolute Gasteiger partial charge is 0.493 e. The summed E-state index contributed by atoms with van der Waals surface area (Å²) in [5.74, 6) is 0.644. The molecule has 0 atom stereocenters. The van der Waals surface area contributed by atoms with Gasteiger partial charge < -0.3 is 14.5 Å². The van der Waals surface area contributed by atoms with Gasteiger partial charge in [0.05, 0.1) is 23.2 Å². The number of hydrogen-bond donors (Lipinski definition) is 0. The molecule has 140 valence electrons. The van der Waals surface area contributed by atoms with Gasteiger partial charge in [0.1, 0.15) is 11.6 Å². The van der Waals surface area contributed by atoms with Crippen LogP contribution in [-0.2, 0) is 4.79 Å². The first kappa shape index (κ1) is 17.7. The summed E-state index contributed by atoms with van der Waals surface area (Å²) in [7, 11) is 0. The Morgan fingerprint density at radius 3 is 2.67 bits per heavy atom. The third-order valence-electron chi connectivity index (χ3n) is 4.57. The number of piperazine rings is 1. The van der Waals surface area contributed by atoms with Crippen LogP contribution in [0.2, 0.25) is 0 Å². The van der Waals surface area contributed by atoms with Gasteiger partial charge in [-0.3, -0.25) is 4.79 Å². The van der Waals surface area contributed by atoms with E-state index in [4.69, 9.17) is 4.74 Å². The Morgan fingerprint density at radius 1 is 1.11 bits per heavy atom. The van der Waals surface area contributed by atoms with E-state index in [1.165, 1.54) is 23.5 Å². The monoisotopic (exact) mass is 385 g/mol. The van der Waals surface area contributed by atoms with Crippen LogP contribution in [0.4, 0.5) is 9.52 Å². The van der Waals surface area contributed by atoms with E-state index in [2.05, 4.69) is 9.88 Å². The number of aromatic nitrogens is 1. The van der Waals surface area contributed by atoms with Crippen molar-refractivity contribution in [3.05, 3.63) is 54.3 Å². The van der Waals surface area contributed by atoms with E-state index < -0.39 is 0 Å². The number of amides is 1. The highest BCUT2D eigenvalue weighted by molar-refractivity contribution is 7.22. The molecular formula is C20H20FN3O2S. The van der Waals surface area contributed by atoms with Crippen LogP contribution in [0.5, 0.6) is 5.75 Å². The minimum atomic E-state index is -0.245. The quantitative estimate of drug-likeness (QED) is 0.674. The highest BCUT2D eigenvalue weighted by Crippen LogP contribution is 2.29. The summed E-state index contributed by atoms with van der Waals surface area (Å²) in [5.41, 5.74) is 0.813. The number of hydrogen-bond acceptors (Lipinski definition) is 5. The molecule has 4 rings (SSSR count). The second-order valence-electron chi connectivity index (χ2n) is 6.39. The number of benzene rings is 2. The molecule has 1 aromatic heterocycles. The number of carbonyl (C=O) groups excluding carboxylic acids is 1. The van der Waals surface area contributed by atoms with Gasteiger partial charge in [-0.15, -0.1) is 0 Å². The Balaban J connectivity index is 1.28. The van der Waals surface area contributed by atoms with Gasteiger partial charge >= 0.3 is 0 Å². The maximum Gasteiger partial charge on any atom is 0.226 e. The number of halogens is 1. The van der Waals surface area contributed by atoms with E-state index in [0.717, 1.165) is 34.2 Å². The molecule has 1 aliphatic heterocycles. The fourth-order valence-corrected chi connectivity index (χ4v) is 4.14. The van der Waals surface area contributed by atoms with Crippen LogP contribution in [0, 0.1) is 5.82 Å². The second-order valence-corrected chi connectivity index (χ2v) is 7.40. The van der Waals surface area contributed by atoms with Crippen molar-refractivity contribution in [1.82, 2.24) is 9.88 Å². The summed E-state index contributed by atoms with van der Waals surface area (Å²) in [6, 6.07) is 14.2. The maximum atomic E-state index is 13.3. The average Bonchev–Trinajstić information content (AvgIpc) is 3.12. The predicted octanol–water partition coefficient (Wildman–Crippen LogP) is 3.55. The lowest BCUT2D eigenvalue weighted by Crippen LogP contribution is -2.49. The van der Waals surface area contributed by atoms with Gasteiger partial charge in [0.25, 0.3) is 0 Å². The molecule has 3 aromatic rings. The Hall–Kier alpha value is -2.67. The molecule has 5 nitrogen and oxygen atoms in total. The first-order valence-electron chi connectivity index (χ1n) is 8.96. The van der Waals surface area contributed by atoms with Crippen LogP contribution in [0.15, 0.2) is 48.5 Å². The SMILES string of the molecule is O=C(CCOc1ccccc1)N1CCN(c2nc3ccc(F)cc3s2)CC1. The average molecular weight is 385 g/mol. The molecule has 1 fully saturated rings. The first-order valence-corrected chi connectivity index (χ1v) is 9.77. The second kappa shape index (κ2) is 7.92. The predicted molar refractivity (Wildman–Crippen MR) is 105 cm³/mol. The van der Waals surface area contributed by atoms with Crippen molar-refractivity contribution >= 4 is 32.6 Å². The van der Waals surface area contributed by atoms with Crippen molar-refractivity contribution in [2.24, 2.45) is 0 Å². The maximum absolute atomic E-state index is 13.3. The zero-order chi connectivity index (χ0) is 18.6. The minimum Gasteiger partial charge on any atom is -0.493 e. The summed E-state index contributed by atoms with van der Waals surface area (Å²) in [6.45, 7) is 3.16. The lowest BCUT2D eigenvalue weighted by molar-refractivity contribution is -0.132. The number of anilines is 1. The molecule has 0 spiro atoms. The fraction of sp³-hybridized carbons (Fsp3) is 0.300. The molecule has 27 heavy (non-hydrogen) atoms. The van der Waals surface area contributed by atoms with E-state index >= 15 is 0 Å². The summed E-state index contributed by atoms with van der Waals surface area (Å²) in [4.78, 5) is 21.0. The molecule has 2 aromatic carbocycles. The molecule has 2 heterocycles. The molecule has 0 aliphatic carbocycles. The van der Waals surface area contributed by atoms with Gasteiger partial charge in [-0.2, -0.15) is 0 Å². The smallest absolute Gasteiger partial charge is 0.226 e. The highest BCUT2D eigenvalue weighted by Gasteiger charge is 2.23. The number of para-hydroxylation sites is 1. The van der Waals surface area contributed by atoms with Crippen LogP contribution in [-0.4, -0.2) is 48.6 Å². The summed E-state index contributed by atoms with van der Waals surface area (Å²) in [6.07, 6.45) is 0.370. The highest BCUT2D eigenvalue weighted by atomic mass is 32.1. The summed E-state index contributed by atoms with van der Waals surface area (Å²) >= 11 is 1.49. The van der Waals surface area contributed by atoms with Crippen LogP contribution in [0.25, 0.3) is 10.2 Å². The van der Waals surface area contributed by atoms with Crippen molar-refractivity contribution in [2.75, 3.05) is 37.7 Å². The van der Waals surface area contributed by atoms with Gasteiger partial charge in [-0.25, -0.2) is 9.37 Å². The van der Waals surface area contributed by atoms with Crippen molar-refractivity contribution in [3.63, 3.8) is 0 Å². The Morgan fingerprint density at radius 2 is 1.89 bits per heavy atom. The lowest BCUT2D eigenvalue weighted by atomic mass is 10.3. The van der Waals surface area contributed by atoms with Gasteiger partial charge in [-0.1, -0.05) is 29.5 Å².